The number of nitrogens with two attached hydrogens (primary N) is 1. The van der Waals surface area contributed by atoms with Crippen molar-refractivity contribution in [3.05, 3.63) is 48.3 Å². The second kappa shape index (κ2) is 9.19. The molecule has 0 spiro atoms. The number of methoxy groups -OCH3 is 1. The summed E-state index contributed by atoms with van der Waals surface area (Å²) in [7, 11) is 1.54. The Morgan fingerprint density at radius 3 is 2.77 bits per heavy atom. The molecule has 0 aliphatic carbocycles. The van der Waals surface area contributed by atoms with Crippen LogP contribution in [0.15, 0.2) is 42.7 Å². The molecule has 1 unspecified atom stereocenters. The second-order valence-corrected chi connectivity index (χ2v) is 4.71. The topological polar surface area (TPSA) is 82.2 Å². The van der Waals surface area contributed by atoms with Crippen LogP contribution in [0.25, 0.3) is 0 Å². The van der Waals surface area contributed by atoms with Crippen molar-refractivity contribution in [1.29, 1.82) is 0 Å². The first-order chi connectivity index (χ1) is 10.2. The smallest absolute Gasteiger partial charge is 0.229 e. The highest BCUT2D eigenvalue weighted by molar-refractivity contribution is 5.89. The second-order valence-electron chi connectivity index (χ2n) is 4.71. The number of benzene rings is 1. The molecule has 0 aliphatic heterocycles. The van der Waals surface area contributed by atoms with Crippen LogP contribution in [0.1, 0.15) is 12.0 Å². The zero-order valence-corrected chi connectivity index (χ0v) is 13.3. The lowest BCUT2D eigenvalue weighted by molar-refractivity contribution is -0.118. The third-order valence-electron chi connectivity index (χ3n) is 3.17. The van der Waals surface area contributed by atoms with Crippen molar-refractivity contribution in [3.63, 3.8) is 0 Å². The quantitative estimate of drug-likeness (QED) is 0.811. The molecule has 1 aromatic carbocycles. The average molecular weight is 325 g/mol. The maximum absolute atomic E-state index is 11.9. The van der Waals surface area contributed by atoms with E-state index in [1.165, 1.54) is 0 Å². The van der Waals surface area contributed by atoms with Gasteiger partial charge in [0.25, 0.3) is 0 Å². The molecule has 0 saturated heterocycles. The number of halogens is 1. The Hall–Kier alpha value is -1.89. The SMILES string of the molecule is COC(CN)CC(=O)Nc1nccn1Cc1ccccc1.Cl. The van der Waals surface area contributed by atoms with E-state index in [0.29, 0.717) is 19.0 Å². The lowest BCUT2D eigenvalue weighted by atomic mass is 10.2. The number of imidazole rings is 1. The molecule has 0 aliphatic rings. The van der Waals surface area contributed by atoms with E-state index < -0.39 is 0 Å². The van der Waals surface area contributed by atoms with Gasteiger partial charge in [-0.3, -0.25) is 10.1 Å². The Labute approximate surface area is 136 Å². The maximum atomic E-state index is 11.9. The summed E-state index contributed by atoms with van der Waals surface area (Å²) in [6.07, 6.45) is 3.43. The van der Waals surface area contributed by atoms with Crippen LogP contribution >= 0.6 is 12.4 Å². The zero-order chi connectivity index (χ0) is 15.1. The fourth-order valence-corrected chi connectivity index (χ4v) is 1.99. The first kappa shape index (κ1) is 18.2. The van der Waals surface area contributed by atoms with Crippen molar-refractivity contribution in [2.75, 3.05) is 19.0 Å². The minimum absolute atomic E-state index is 0. The molecule has 1 heterocycles. The standard InChI is InChI=1S/C15H20N4O2.ClH/c1-21-13(10-16)9-14(20)18-15-17-7-8-19(15)11-12-5-3-2-4-6-12;/h2-8,13H,9-11,16H2,1H3,(H,17,18,20);1H. The van der Waals surface area contributed by atoms with E-state index in [1.54, 1.807) is 13.3 Å². The Morgan fingerprint density at radius 2 is 2.14 bits per heavy atom. The first-order valence-electron chi connectivity index (χ1n) is 6.80. The molecule has 22 heavy (non-hydrogen) atoms. The fraction of sp³-hybridized carbons (Fsp3) is 0.333. The molecule has 1 atom stereocenters. The Bertz CT molecular complexity index is 570. The summed E-state index contributed by atoms with van der Waals surface area (Å²) in [5.41, 5.74) is 6.65. The number of carbonyl (C=O) groups is 1. The van der Waals surface area contributed by atoms with E-state index in [0.717, 1.165) is 5.56 Å². The normalized spacial score (nSPS) is 11.5. The van der Waals surface area contributed by atoms with Crippen molar-refractivity contribution < 1.29 is 9.53 Å². The van der Waals surface area contributed by atoms with Gasteiger partial charge in [0, 0.05) is 26.0 Å². The lowest BCUT2D eigenvalue weighted by Crippen LogP contribution is -2.28. The molecule has 7 heteroatoms. The van der Waals surface area contributed by atoms with Gasteiger partial charge in [0.15, 0.2) is 0 Å². The zero-order valence-electron chi connectivity index (χ0n) is 12.4. The monoisotopic (exact) mass is 324 g/mol. The van der Waals surface area contributed by atoms with E-state index >= 15 is 0 Å². The number of nitrogens with one attached hydrogen (secondary N) is 1. The van der Waals surface area contributed by atoms with Gasteiger partial charge in [-0.05, 0) is 5.56 Å². The van der Waals surface area contributed by atoms with E-state index in [4.69, 9.17) is 10.5 Å². The van der Waals surface area contributed by atoms with Gasteiger partial charge in [-0.2, -0.15) is 0 Å². The van der Waals surface area contributed by atoms with Gasteiger partial charge in [0.2, 0.25) is 11.9 Å². The Balaban J connectivity index is 0.00000242. The van der Waals surface area contributed by atoms with Gasteiger partial charge in [-0.1, -0.05) is 30.3 Å². The maximum Gasteiger partial charge on any atom is 0.229 e. The van der Waals surface area contributed by atoms with Crippen LogP contribution in [-0.2, 0) is 16.1 Å². The third-order valence-corrected chi connectivity index (χ3v) is 3.17. The summed E-state index contributed by atoms with van der Waals surface area (Å²) in [5, 5.41) is 2.79. The molecular formula is C15H21ClN4O2. The van der Waals surface area contributed by atoms with Gasteiger partial charge in [0.05, 0.1) is 19.1 Å². The highest BCUT2D eigenvalue weighted by atomic mass is 35.5. The minimum atomic E-state index is -0.275. The molecule has 120 valence electrons. The number of ether oxygens (including phenoxy) is 1. The highest BCUT2D eigenvalue weighted by Crippen LogP contribution is 2.10. The van der Waals surface area contributed by atoms with Crippen molar-refractivity contribution in [2.24, 2.45) is 5.73 Å². The van der Waals surface area contributed by atoms with Crippen LogP contribution in [-0.4, -0.2) is 35.2 Å². The van der Waals surface area contributed by atoms with Crippen LogP contribution in [0.2, 0.25) is 0 Å². The Kier molecular flexibility index (Phi) is 7.59. The minimum Gasteiger partial charge on any atom is -0.380 e. The Morgan fingerprint density at radius 1 is 1.41 bits per heavy atom. The first-order valence-corrected chi connectivity index (χ1v) is 6.80. The molecule has 3 N–H and O–H groups in total. The number of hydrogen-bond donors (Lipinski definition) is 2. The summed E-state index contributed by atoms with van der Waals surface area (Å²) in [5.74, 6) is 0.364. The van der Waals surface area contributed by atoms with Crippen molar-refractivity contribution in [3.8, 4) is 0 Å². The van der Waals surface area contributed by atoms with E-state index in [9.17, 15) is 4.79 Å². The van der Waals surface area contributed by atoms with Gasteiger partial charge >= 0.3 is 0 Å². The number of amides is 1. The van der Waals surface area contributed by atoms with Crippen LogP contribution in [0, 0.1) is 0 Å². The molecule has 6 nitrogen and oxygen atoms in total. The molecule has 1 aromatic heterocycles. The van der Waals surface area contributed by atoms with Crippen LogP contribution in [0.5, 0.6) is 0 Å². The third kappa shape index (κ3) is 5.14. The molecule has 0 bridgehead atoms. The molecule has 0 radical (unpaired) electrons. The summed E-state index contributed by atoms with van der Waals surface area (Å²) < 4.78 is 6.99. The largest absolute Gasteiger partial charge is 0.380 e. The van der Waals surface area contributed by atoms with Crippen molar-refractivity contribution in [1.82, 2.24) is 9.55 Å². The fourth-order valence-electron chi connectivity index (χ4n) is 1.99. The molecular weight excluding hydrogens is 304 g/mol. The van der Waals surface area contributed by atoms with Gasteiger partial charge in [-0.25, -0.2) is 4.98 Å². The number of aromatic nitrogens is 2. The molecule has 0 fully saturated rings. The molecule has 2 rings (SSSR count). The van der Waals surface area contributed by atoms with E-state index in [-0.39, 0.29) is 30.8 Å². The summed E-state index contributed by atoms with van der Waals surface area (Å²) in [6.45, 7) is 0.962. The molecule has 0 saturated carbocycles. The molecule has 1 amide bonds. The van der Waals surface area contributed by atoms with Crippen molar-refractivity contribution >= 4 is 24.3 Å². The number of rotatable bonds is 7. The number of hydrogen-bond acceptors (Lipinski definition) is 4. The number of carbonyl (C=O) groups excluding carboxylic acids is 1. The van der Waals surface area contributed by atoms with Gasteiger partial charge < -0.3 is 15.0 Å². The van der Waals surface area contributed by atoms with Crippen LogP contribution in [0.3, 0.4) is 0 Å². The predicted octanol–water partition coefficient (Wildman–Crippen LogP) is 1.66. The average Bonchev–Trinajstić information content (AvgIpc) is 2.92. The highest BCUT2D eigenvalue weighted by Gasteiger charge is 2.13. The van der Waals surface area contributed by atoms with Gasteiger partial charge in [0.1, 0.15) is 0 Å². The molecule has 2 aromatic rings. The van der Waals surface area contributed by atoms with E-state index in [2.05, 4.69) is 10.3 Å². The summed E-state index contributed by atoms with van der Waals surface area (Å²) in [4.78, 5) is 16.1. The predicted molar refractivity (Wildman–Crippen MR) is 88.1 cm³/mol. The van der Waals surface area contributed by atoms with Crippen LogP contribution < -0.4 is 11.1 Å². The summed E-state index contributed by atoms with van der Waals surface area (Å²) in [6, 6.07) is 9.99. The van der Waals surface area contributed by atoms with Crippen molar-refractivity contribution in [2.45, 2.75) is 19.1 Å². The number of nitrogens with zero attached hydrogens (tertiary/aromatic N) is 2. The lowest BCUT2D eigenvalue weighted by Gasteiger charge is -2.13. The number of anilines is 1. The van der Waals surface area contributed by atoms with E-state index in [1.807, 2.05) is 41.1 Å². The summed E-state index contributed by atoms with van der Waals surface area (Å²) >= 11 is 0. The van der Waals surface area contributed by atoms with Gasteiger partial charge in [-0.15, -0.1) is 12.4 Å². The van der Waals surface area contributed by atoms with Crippen LogP contribution in [0.4, 0.5) is 5.95 Å².